The van der Waals surface area contributed by atoms with Gasteiger partial charge in [-0.05, 0) is 43.5 Å². The van der Waals surface area contributed by atoms with Crippen LogP contribution in [-0.4, -0.2) is 28.9 Å². The largest absolute Gasteiger partial charge is 0.486 e. The molecule has 0 radical (unpaired) electrons. The minimum Gasteiger partial charge on any atom is -0.486 e. The summed E-state index contributed by atoms with van der Waals surface area (Å²) in [5.74, 6) is 0.775. The molecular weight excluding hydrogens is 320 g/mol. The third-order valence-electron chi connectivity index (χ3n) is 3.59. The molecule has 1 aromatic heterocycles. The number of rotatable bonds is 4. The van der Waals surface area contributed by atoms with Gasteiger partial charge >= 0.3 is 0 Å². The second-order valence-electron chi connectivity index (χ2n) is 5.22. The molecule has 0 saturated carbocycles. The number of benzene rings is 1. The fraction of sp³-hybridized carbons (Fsp3) is 0.375. The summed E-state index contributed by atoms with van der Waals surface area (Å²) in [4.78, 5) is 18.6. The van der Waals surface area contributed by atoms with Crippen LogP contribution in [0.15, 0.2) is 29.6 Å². The zero-order valence-electron chi connectivity index (χ0n) is 12.1. The monoisotopic (exact) mass is 336 g/mol. The van der Waals surface area contributed by atoms with Gasteiger partial charge in [0.2, 0.25) is 0 Å². The maximum Gasteiger partial charge on any atom is 0.273 e. The highest BCUT2D eigenvalue weighted by molar-refractivity contribution is 7.09. The Morgan fingerprint density at radius 3 is 2.68 bits per heavy atom. The molecule has 116 valence electrons. The van der Waals surface area contributed by atoms with E-state index in [1.54, 1.807) is 12.1 Å². The molecule has 2 aromatic rings. The lowest BCUT2D eigenvalue weighted by atomic mass is 10.1. The Morgan fingerprint density at radius 1 is 1.23 bits per heavy atom. The number of amides is 1. The van der Waals surface area contributed by atoms with Crippen LogP contribution < -0.4 is 4.74 Å². The van der Waals surface area contributed by atoms with Crippen molar-refractivity contribution in [3.63, 3.8) is 0 Å². The van der Waals surface area contributed by atoms with E-state index >= 15 is 0 Å². The topological polar surface area (TPSA) is 42.4 Å². The lowest BCUT2D eigenvalue weighted by Gasteiger charge is -2.25. The number of carbonyl (C=O) groups is 1. The molecular formula is C16H17ClN2O2S. The van der Waals surface area contributed by atoms with Gasteiger partial charge in [0.15, 0.2) is 0 Å². The maximum absolute atomic E-state index is 12.3. The third-order valence-corrected chi connectivity index (χ3v) is 4.66. The number of halogens is 1. The summed E-state index contributed by atoms with van der Waals surface area (Å²) in [5, 5.41) is 3.30. The minimum atomic E-state index is 0.0358. The second-order valence-corrected chi connectivity index (χ2v) is 6.60. The first kappa shape index (κ1) is 15.3. The zero-order valence-corrected chi connectivity index (χ0v) is 13.7. The van der Waals surface area contributed by atoms with Crippen LogP contribution in [0.5, 0.6) is 5.75 Å². The van der Waals surface area contributed by atoms with Gasteiger partial charge in [-0.25, -0.2) is 4.98 Å². The summed E-state index contributed by atoms with van der Waals surface area (Å²) in [7, 11) is 0. The maximum atomic E-state index is 12.3. The van der Waals surface area contributed by atoms with Crippen molar-refractivity contribution in [1.29, 1.82) is 0 Å². The van der Waals surface area contributed by atoms with E-state index in [0.29, 0.717) is 17.3 Å². The summed E-state index contributed by atoms with van der Waals surface area (Å²) in [5.41, 5.74) is 0.529. The first-order valence-corrected chi connectivity index (χ1v) is 8.60. The van der Waals surface area contributed by atoms with E-state index in [-0.39, 0.29) is 5.91 Å². The molecule has 1 fully saturated rings. The molecule has 0 bridgehead atoms. The zero-order chi connectivity index (χ0) is 15.4. The molecule has 1 aromatic carbocycles. The van der Waals surface area contributed by atoms with Crippen molar-refractivity contribution in [2.75, 3.05) is 13.1 Å². The van der Waals surface area contributed by atoms with E-state index < -0.39 is 0 Å². The van der Waals surface area contributed by atoms with Gasteiger partial charge in [0.1, 0.15) is 23.1 Å². The summed E-state index contributed by atoms with van der Waals surface area (Å²) < 4.78 is 5.65. The SMILES string of the molecule is O=C(c1csc(COc2ccc(Cl)cc2)n1)N1CCCCC1. The second kappa shape index (κ2) is 7.11. The molecule has 1 aliphatic rings. The van der Waals surface area contributed by atoms with Crippen LogP contribution in [0.1, 0.15) is 34.8 Å². The summed E-state index contributed by atoms with van der Waals surface area (Å²) in [6, 6.07) is 7.19. The number of thiazole rings is 1. The lowest BCUT2D eigenvalue weighted by molar-refractivity contribution is 0.0719. The van der Waals surface area contributed by atoms with E-state index in [1.807, 2.05) is 22.4 Å². The van der Waals surface area contributed by atoms with E-state index in [9.17, 15) is 4.79 Å². The standard InChI is InChI=1S/C16H17ClN2O2S/c17-12-4-6-13(7-5-12)21-10-15-18-14(11-22-15)16(20)19-8-2-1-3-9-19/h4-7,11H,1-3,8-10H2. The normalized spacial score (nSPS) is 14.9. The van der Waals surface area contributed by atoms with Gasteiger partial charge in [-0.1, -0.05) is 11.6 Å². The Morgan fingerprint density at radius 2 is 1.95 bits per heavy atom. The first-order valence-electron chi connectivity index (χ1n) is 7.34. The highest BCUT2D eigenvalue weighted by Crippen LogP contribution is 2.19. The van der Waals surface area contributed by atoms with Gasteiger partial charge in [-0.2, -0.15) is 0 Å². The molecule has 22 heavy (non-hydrogen) atoms. The van der Waals surface area contributed by atoms with Crippen LogP contribution in [0, 0.1) is 0 Å². The summed E-state index contributed by atoms with van der Waals surface area (Å²) in [6.07, 6.45) is 3.38. The van der Waals surface area contributed by atoms with Crippen LogP contribution in [0.2, 0.25) is 5.02 Å². The molecule has 0 atom stereocenters. The molecule has 6 heteroatoms. The average Bonchev–Trinajstić information content (AvgIpc) is 3.03. The number of piperidine rings is 1. The van der Waals surface area contributed by atoms with Crippen LogP contribution in [0.25, 0.3) is 0 Å². The van der Waals surface area contributed by atoms with Crippen molar-refractivity contribution in [2.45, 2.75) is 25.9 Å². The molecule has 0 unspecified atom stereocenters. The van der Waals surface area contributed by atoms with E-state index in [1.165, 1.54) is 17.8 Å². The van der Waals surface area contributed by atoms with Crippen molar-refractivity contribution >= 4 is 28.8 Å². The minimum absolute atomic E-state index is 0.0358. The van der Waals surface area contributed by atoms with Crippen molar-refractivity contribution in [3.8, 4) is 5.75 Å². The van der Waals surface area contributed by atoms with Gasteiger partial charge in [0.25, 0.3) is 5.91 Å². The molecule has 1 amide bonds. The Bertz CT molecular complexity index is 636. The number of ether oxygens (including phenoxy) is 1. The van der Waals surface area contributed by atoms with Crippen LogP contribution in [-0.2, 0) is 6.61 Å². The van der Waals surface area contributed by atoms with E-state index in [2.05, 4.69) is 4.98 Å². The number of nitrogens with zero attached hydrogens (tertiary/aromatic N) is 2. The smallest absolute Gasteiger partial charge is 0.273 e. The van der Waals surface area contributed by atoms with Gasteiger partial charge < -0.3 is 9.64 Å². The lowest BCUT2D eigenvalue weighted by Crippen LogP contribution is -2.35. The molecule has 1 aliphatic heterocycles. The van der Waals surface area contributed by atoms with Gasteiger partial charge in [0, 0.05) is 23.5 Å². The predicted molar refractivity (Wildman–Crippen MR) is 87.7 cm³/mol. The third kappa shape index (κ3) is 3.78. The highest BCUT2D eigenvalue weighted by Gasteiger charge is 2.20. The van der Waals surface area contributed by atoms with Gasteiger partial charge in [-0.3, -0.25) is 4.79 Å². The van der Waals surface area contributed by atoms with Gasteiger partial charge in [0.05, 0.1) is 0 Å². The Labute approximate surface area is 138 Å². The van der Waals surface area contributed by atoms with Crippen molar-refractivity contribution in [1.82, 2.24) is 9.88 Å². The highest BCUT2D eigenvalue weighted by atomic mass is 35.5. The van der Waals surface area contributed by atoms with Crippen molar-refractivity contribution < 1.29 is 9.53 Å². The fourth-order valence-corrected chi connectivity index (χ4v) is 3.22. The molecule has 0 spiro atoms. The van der Waals surface area contributed by atoms with Gasteiger partial charge in [-0.15, -0.1) is 11.3 Å². The quantitative estimate of drug-likeness (QED) is 0.847. The van der Waals surface area contributed by atoms with Crippen molar-refractivity contribution in [2.24, 2.45) is 0 Å². The number of hydrogen-bond donors (Lipinski definition) is 0. The van der Waals surface area contributed by atoms with Crippen molar-refractivity contribution in [3.05, 3.63) is 45.4 Å². The Hall–Kier alpha value is -1.59. The molecule has 1 saturated heterocycles. The summed E-state index contributed by atoms with van der Waals surface area (Å²) >= 11 is 7.29. The fourth-order valence-electron chi connectivity index (χ4n) is 2.41. The predicted octanol–water partition coefficient (Wildman–Crippen LogP) is 4.00. The number of hydrogen-bond acceptors (Lipinski definition) is 4. The average molecular weight is 337 g/mol. The molecule has 0 aliphatic carbocycles. The summed E-state index contributed by atoms with van der Waals surface area (Å²) in [6.45, 7) is 2.04. The molecule has 0 N–H and O–H groups in total. The Kier molecular flexibility index (Phi) is 4.95. The molecule has 3 rings (SSSR count). The van der Waals surface area contributed by atoms with E-state index in [0.717, 1.165) is 36.7 Å². The number of carbonyl (C=O) groups excluding carboxylic acids is 1. The Balaban J connectivity index is 1.58. The number of likely N-dealkylation sites (tertiary alicyclic amines) is 1. The van der Waals surface area contributed by atoms with E-state index in [4.69, 9.17) is 16.3 Å². The van der Waals surface area contributed by atoms with Crippen LogP contribution in [0.3, 0.4) is 0 Å². The molecule has 4 nitrogen and oxygen atoms in total. The van der Waals surface area contributed by atoms with Crippen LogP contribution in [0.4, 0.5) is 0 Å². The number of aromatic nitrogens is 1. The van der Waals surface area contributed by atoms with Crippen LogP contribution >= 0.6 is 22.9 Å². The molecule has 2 heterocycles. The first-order chi connectivity index (χ1) is 10.7.